The highest BCUT2D eigenvalue weighted by Crippen LogP contribution is 2.67. The highest BCUT2D eigenvalue weighted by molar-refractivity contribution is 6.31. The Kier molecular flexibility index (Phi) is 11.5. The number of hydrogen-bond acceptors (Lipinski definition) is 6. The van der Waals surface area contributed by atoms with E-state index in [1.165, 1.54) is 15.2 Å². The molecule has 314 valence electrons. The van der Waals surface area contributed by atoms with Gasteiger partial charge in [-0.3, -0.25) is 38.5 Å². The Hall–Kier alpha value is -4.96. The maximum Gasteiger partial charge on any atom is 0.329 e. The van der Waals surface area contributed by atoms with E-state index in [2.05, 4.69) is 17.2 Å². The molecule has 4 atom stereocenters. The molecule has 1 saturated carbocycles. The number of aliphatic carboxylic acids is 1. The van der Waals surface area contributed by atoms with Crippen LogP contribution in [-0.4, -0.2) is 68.0 Å². The molecule has 3 aromatic carbocycles. The Morgan fingerprint density at radius 1 is 0.950 bits per heavy atom. The number of para-hydroxylation sites is 1. The smallest absolute Gasteiger partial charge is 0.329 e. The Morgan fingerprint density at radius 3 is 2.43 bits per heavy atom. The number of imide groups is 1. The zero-order valence-electron chi connectivity index (χ0n) is 33.7. The molecule has 1 aromatic heterocycles. The van der Waals surface area contributed by atoms with Crippen molar-refractivity contribution in [3.8, 4) is 11.8 Å². The van der Waals surface area contributed by atoms with Crippen LogP contribution in [0.3, 0.4) is 0 Å². The van der Waals surface area contributed by atoms with Crippen LogP contribution in [0.5, 0.6) is 0 Å². The zero-order chi connectivity index (χ0) is 42.5. The van der Waals surface area contributed by atoms with E-state index in [9.17, 15) is 24.3 Å². The number of carbonyl (C=O) groups excluding carboxylic acids is 3. The maximum atomic E-state index is 16.2. The number of amides is 3. The SMILES string of the molecule is CN1[C@@H](C(=O)O)[C@H](c2cccc(Cl)c2F)[C@]2(C(=O)N(CCCCCCCC#Cc3cccc4c3n(C)c(=O)n4C3CCC(=O)NC3=O)c3cc(Cl)ccc32)C12CCCCC2. The standard InChI is InChI=1S/C46H48Cl2FN5O6/c1-51-39-28(16-13-19-33(39)54(44(51)60)34-22-23-36(55)50-41(34)56)15-9-6-4-3-5-7-12-26-53-35-27-29(47)20-21-31(35)46(43(53)59)37(30-17-14-18-32(48)38(30)49)40(42(57)58)52(2)45(46)24-10-8-11-25-45/h13-14,16-21,27,34,37,40H,3-8,10-12,22-26H2,1-2H3,(H,57,58)(H,50,55,56)/t34?,37-,40+,46+/m0/s1. The number of carbonyl (C=O) groups is 4. The number of fused-ring (bicyclic) bond motifs is 4. The molecular formula is C46H48Cl2FN5O6. The molecule has 1 aliphatic carbocycles. The fourth-order valence-corrected chi connectivity index (χ4v) is 11.4. The van der Waals surface area contributed by atoms with Gasteiger partial charge in [0, 0.05) is 48.6 Å². The number of imidazole rings is 1. The second-order valence-corrected chi connectivity index (χ2v) is 17.5. The number of aromatic nitrogens is 2. The fraction of sp³-hybridized carbons (Fsp3) is 0.457. The molecule has 60 heavy (non-hydrogen) atoms. The third-order valence-electron chi connectivity index (χ3n) is 13.6. The summed E-state index contributed by atoms with van der Waals surface area (Å²) < 4.78 is 19.2. The van der Waals surface area contributed by atoms with Crippen molar-refractivity contribution in [2.24, 2.45) is 7.05 Å². The normalized spacial score (nSPS) is 23.6. The number of halogens is 3. The molecule has 2 spiro atoms. The number of benzene rings is 3. The van der Waals surface area contributed by atoms with Gasteiger partial charge in [-0.25, -0.2) is 9.18 Å². The molecule has 4 aliphatic rings. The summed E-state index contributed by atoms with van der Waals surface area (Å²) in [6, 6.07) is 13.6. The van der Waals surface area contributed by atoms with Gasteiger partial charge in [0.15, 0.2) is 0 Å². The number of piperidine rings is 1. The average Bonchev–Trinajstić information content (AvgIpc) is 3.71. The van der Waals surface area contributed by atoms with Crippen molar-refractivity contribution in [3.63, 3.8) is 0 Å². The van der Waals surface area contributed by atoms with E-state index >= 15 is 9.18 Å². The summed E-state index contributed by atoms with van der Waals surface area (Å²) in [4.78, 5) is 70.0. The maximum absolute atomic E-state index is 16.2. The largest absolute Gasteiger partial charge is 0.480 e. The molecule has 0 bridgehead atoms. The van der Waals surface area contributed by atoms with Gasteiger partial charge in [-0.1, -0.05) is 97.8 Å². The van der Waals surface area contributed by atoms with Crippen LogP contribution in [0, 0.1) is 17.7 Å². The Morgan fingerprint density at radius 2 is 1.68 bits per heavy atom. The van der Waals surface area contributed by atoms with Gasteiger partial charge >= 0.3 is 11.7 Å². The van der Waals surface area contributed by atoms with E-state index < -0.39 is 46.6 Å². The molecule has 3 amide bonds. The monoisotopic (exact) mass is 855 g/mol. The summed E-state index contributed by atoms with van der Waals surface area (Å²) in [6.45, 7) is 0.400. The van der Waals surface area contributed by atoms with E-state index in [1.54, 1.807) is 49.3 Å². The van der Waals surface area contributed by atoms with Crippen molar-refractivity contribution < 1.29 is 28.7 Å². The third-order valence-corrected chi connectivity index (χ3v) is 14.2. The van der Waals surface area contributed by atoms with E-state index in [-0.39, 0.29) is 40.9 Å². The van der Waals surface area contributed by atoms with Crippen LogP contribution < -0.4 is 15.9 Å². The van der Waals surface area contributed by atoms with Crippen LogP contribution in [0.4, 0.5) is 10.1 Å². The second-order valence-electron chi connectivity index (χ2n) is 16.7. The first-order valence-corrected chi connectivity index (χ1v) is 21.6. The number of likely N-dealkylation sites (N-methyl/N-ethyl adjacent to an activating group) is 1. The number of aryl methyl sites for hydroxylation is 1. The van der Waals surface area contributed by atoms with Crippen LogP contribution in [0.1, 0.15) is 112 Å². The quantitative estimate of drug-likeness (QED) is 0.0953. The van der Waals surface area contributed by atoms with Gasteiger partial charge in [-0.2, -0.15) is 0 Å². The number of carboxylic acid groups (broad SMARTS) is 1. The number of hydrogen-bond donors (Lipinski definition) is 2. The van der Waals surface area contributed by atoms with Crippen molar-refractivity contribution >= 4 is 63.6 Å². The Bertz CT molecular complexity index is 2530. The molecule has 8 rings (SSSR count). The summed E-state index contributed by atoms with van der Waals surface area (Å²) in [5, 5.41) is 13.5. The van der Waals surface area contributed by atoms with Gasteiger partial charge < -0.3 is 10.0 Å². The fourth-order valence-electron chi connectivity index (χ4n) is 11.1. The molecule has 4 heterocycles. The van der Waals surface area contributed by atoms with Crippen molar-refractivity contribution in [1.82, 2.24) is 19.4 Å². The summed E-state index contributed by atoms with van der Waals surface area (Å²) in [5.41, 5.74) is 0.802. The third kappa shape index (κ3) is 6.55. The summed E-state index contributed by atoms with van der Waals surface area (Å²) in [7, 11) is 3.44. The first-order chi connectivity index (χ1) is 28.8. The molecule has 4 aromatic rings. The first-order valence-electron chi connectivity index (χ1n) is 20.9. The molecule has 1 unspecified atom stereocenters. The Labute approximate surface area is 357 Å². The molecule has 2 saturated heterocycles. The number of unbranched alkanes of at least 4 members (excludes halogenated alkanes) is 5. The number of carboxylic acids is 1. The van der Waals surface area contributed by atoms with E-state index in [1.807, 2.05) is 23.1 Å². The van der Waals surface area contributed by atoms with Gasteiger partial charge in [0.1, 0.15) is 23.3 Å². The molecular weight excluding hydrogens is 808 g/mol. The van der Waals surface area contributed by atoms with Gasteiger partial charge in [0.25, 0.3) is 0 Å². The first kappa shape index (κ1) is 41.8. The topological polar surface area (TPSA) is 134 Å². The molecule has 2 N–H and O–H groups in total. The van der Waals surface area contributed by atoms with Gasteiger partial charge in [0.2, 0.25) is 17.7 Å². The van der Waals surface area contributed by atoms with Gasteiger partial charge in [0.05, 0.1) is 21.6 Å². The molecule has 0 radical (unpaired) electrons. The van der Waals surface area contributed by atoms with Crippen LogP contribution in [0.15, 0.2) is 59.4 Å². The average molecular weight is 857 g/mol. The van der Waals surface area contributed by atoms with Crippen LogP contribution in [0.25, 0.3) is 11.0 Å². The number of nitrogens with one attached hydrogen (secondary N) is 1. The van der Waals surface area contributed by atoms with E-state index in [0.717, 1.165) is 44.9 Å². The minimum atomic E-state index is -1.39. The Balaban J connectivity index is 0.976. The molecule has 14 heteroatoms. The number of likely N-dealkylation sites (tertiary alicyclic amines) is 1. The number of anilines is 1. The molecule has 3 fully saturated rings. The number of rotatable bonds is 10. The minimum Gasteiger partial charge on any atom is -0.480 e. The molecule has 3 aliphatic heterocycles. The number of nitrogens with zero attached hydrogens (tertiary/aromatic N) is 4. The van der Waals surface area contributed by atoms with Gasteiger partial charge in [-0.15, -0.1) is 0 Å². The van der Waals surface area contributed by atoms with Crippen molar-refractivity contribution in [3.05, 3.63) is 97.6 Å². The lowest BCUT2D eigenvalue weighted by Crippen LogP contribution is -2.61. The van der Waals surface area contributed by atoms with Crippen molar-refractivity contribution in [2.75, 3.05) is 18.5 Å². The predicted molar refractivity (Wildman–Crippen MR) is 228 cm³/mol. The highest BCUT2D eigenvalue weighted by Gasteiger charge is 2.76. The lowest BCUT2D eigenvalue weighted by molar-refractivity contribution is -0.144. The van der Waals surface area contributed by atoms with Crippen LogP contribution in [0.2, 0.25) is 10.0 Å². The van der Waals surface area contributed by atoms with E-state index in [4.69, 9.17) is 23.2 Å². The van der Waals surface area contributed by atoms with Crippen molar-refractivity contribution in [2.45, 2.75) is 112 Å². The second kappa shape index (κ2) is 16.5. The van der Waals surface area contributed by atoms with Crippen molar-refractivity contribution in [1.29, 1.82) is 0 Å². The molecule has 11 nitrogen and oxygen atoms in total. The van der Waals surface area contributed by atoms with Crippen LogP contribution >= 0.6 is 23.2 Å². The summed E-state index contributed by atoms with van der Waals surface area (Å²) in [6.07, 6.45) is 9.05. The summed E-state index contributed by atoms with van der Waals surface area (Å²) >= 11 is 13.0. The van der Waals surface area contributed by atoms with Crippen LogP contribution in [-0.2, 0) is 31.6 Å². The minimum absolute atomic E-state index is 0.116. The van der Waals surface area contributed by atoms with Gasteiger partial charge in [-0.05, 0) is 80.6 Å². The predicted octanol–water partition coefficient (Wildman–Crippen LogP) is 7.63. The highest BCUT2D eigenvalue weighted by atomic mass is 35.5. The van der Waals surface area contributed by atoms with E-state index in [0.29, 0.717) is 65.1 Å². The lowest BCUT2D eigenvalue weighted by Gasteiger charge is -2.50. The zero-order valence-corrected chi connectivity index (χ0v) is 35.3. The summed E-state index contributed by atoms with van der Waals surface area (Å²) in [5.74, 6) is 2.59. The lowest BCUT2D eigenvalue weighted by atomic mass is 9.55.